The van der Waals surface area contributed by atoms with Crippen molar-refractivity contribution in [3.05, 3.63) is 18.0 Å². The monoisotopic (exact) mass is 321 g/mol. The maximum absolute atomic E-state index is 12.8. The standard InChI is InChI=1S/C16H23N3O4/c1-10-4-5-13-12(7-14(23-13)16(21)22-3)19(10)15(20)6-11-8-17-18(2)9-11/h8-10,12-14H,4-7H2,1-3H3/t10-,12-,13-,14+/m1/s1. The molecule has 3 heterocycles. The van der Waals surface area contributed by atoms with Crippen molar-refractivity contribution in [3.8, 4) is 0 Å². The molecule has 0 spiro atoms. The number of nitrogens with zero attached hydrogens (tertiary/aromatic N) is 3. The van der Waals surface area contributed by atoms with Gasteiger partial charge in [-0.15, -0.1) is 0 Å². The fourth-order valence-electron chi connectivity index (χ4n) is 3.70. The van der Waals surface area contributed by atoms with E-state index in [4.69, 9.17) is 9.47 Å². The first-order valence-electron chi connectivity index (χ1n) is 8.01. The topological polar surface area (TPSA) is 73.7 Å². The van der Waals surface area contributed by atoms with Crippen molar-refractivity contribution in [2.45, 2.75) is 56.9 Å². The summed E-state index contributed by atoms with van der Waals surface area (Å²) >= 11 is 0. The second-order valence-corrected chi connectivity index (χ2v) is 6.42. The van der Waals surface area contributed by atoms with Crippen LogP contribution in [0.15, 0.2) is 12.4 Å². The number of carbonyl (C=O) groups is 2. The average Bonchev–Trinajstić information content (AvgIpc) is 3.12. The fraction of sp³-hybridized carbons (Fsp3) is 0.688. The Kier molecular flexibility index (Phi) is 4.39. The van der Waals surface area contributed by atoms with E-state index in [0.29, 0.717) is 12.8 Å². The number of aromatic nitrogens is 2. The summed E-state index contributed by atoms with van der Waals surface area (Å²) in [4.78, 5) is 26.4. The van der Waals surface area contributed by atoms with E-state index < -0.39 is 6.10 Å². The van der Waals surface area contributed by atoms with Crippen LogP contribution in [0.1, 0.15) is 31.7 Å². The number of hydrogen-bond acceptors (Lipinski definition) is 5. The molecule has 3 rings (SSSR count). The molecule has 7 heteroatoms. The van der Waals surface area contributed by atoms with Crippen LogP contribution in [-0.4, -0.2) is 58.0 Å². The third kappa shape index (κ3) is 3.10. The Morgan fingerprint density at radius 1 is 1.43 bits per heavy atom. The molecular weight excluding hydrogens is 298 g/mol. The van der Waals surface area contributed by atoms with Crippen LogP contribution < -0.4 is 0 Å². The van der Waals surface area contributed by atoms with E-state index >= 15 is 0 Å². The summed E-state index contributed by atoms with van der Waals surface area (Å²) in [6.45, 7) is 2.06. The lowest BCUT2D eigenvalue weighted by molar-refractivity contribution is -0.154. The van der Waals surface area contributed by atoms with E-state index in [0.717, 1.165) is 18.4 Å². The molecule has 0 radical (unpaired) electrons. The van der Waals surface area contributed by atoms with Crippen LogP contribution in [0.4, 0.5) is 0 Å². The molecule has 0 bridgehead atoms. The highest BCUT2D eigenvalue weighted by atomic mass is 16.6. The van der Waals surface area contributed by atoms with Crippen LogP contribution in [0.5, 0.6) is 0 Å². The van der Waals surface area contributed by atoms with Crippen molar-refractivity contribution in [2.24, 2.45) is 7.05 Å². The summed E-state index contributed by atoms with van der Waals surface area (Å²) in [5.74, 6) is -0.291. The van der Waals surface area contributed by atoms with E-state index in [9.17, 15) is 9.59 Å². The van der Waals surface area contributed by atoms with Gasteiger partial charge < -0.3 is 14.4 Å². The second kappa shape index (κ2) is 6.31. The normalized spacial score (nSPS) is 30.1. The lowest BCUT2D eigenvalue weighted by Crippen LogP contribution is -2.53. The molecule has 2 saturated heterocycles. The first kappa shape index (κ1) is 16.0. The molecule has 0 unspecified atom stereocenters. The van der Waals surface area contributed by atoms with Crippen molar-refractivity contribution < 1.29 is 19.1 Å². The van der Waals surface area contributed by atoms with E-state index in [1.165, 1.54) is 7.11 Å². The van der Waals surface area contributed by atoms with Gasteiger partial charge >= 0.3 is 5.97 Å². The van der Waals surface area contributed by atoms with E-state index in [1.54, 1.807) is 10.9 Å². The minimum atomic E-state index is -0.561. The number of amides is 1. The summed E-state index contributed by atoms with van der Waals surface area (Å²) in [5.41, 5.74) is 0.898. The quantitative estimate of drug-likeness (QED) is 0.765. The van der Waals surface area contributed by atoms with Crippen molar-refractivity contribution in [1.82, 2.24) is 14.7 Å². The van der Waals surface area contributed by atoms with Gasteiger partial charge in [0.15, 0.2) is 6.10 Å². The molecule has 0 N–H and O–H groups in total. The molecule has 2 fully saturated rings. The first-order valence-corrected chi connectivity index (χ1v) is 8.01. The van der Waals surface area contributed by atoms with E-state index in [1.807, 2.05) is 18.1 Å². The van der Waals surface area contributed by atoms with Gasteiger partial charge in [0.25, 0.3) is 0 Å². The number of ether oxygens (including phenoxy) is 2. The summed E-state index contributed by atoms with van der Waals surface area (Å²) in [6, 6.07) is 0.104. The Morgan fingerprint density at radius 3 is 2.87 bits per heavy atom. The lowest BCUT2D eigenvalue weighted by atomic mass is 9.92. The summed E-state index contributed by atoms with van der Waals surface area (Å²) in [6.07, 6.45) is 5.52. The highest BCUT2D eigenvalue weighted by molar-refractivity contribution is 5.80. The van der Waals surface area contributed by atoms with Gasteiger partial charge in [0.05, 0.1) is 31.9 Å². The molecule has 1 aromatic rings. The number of likely N-dealkylation sites (tertiary alicyclic amines) is 1. The third-order valence-electron chi connectivity index (χ3n) is 4.79. The number of aryl methyl sites for hydroxylation is 1. The Balaban J connectivity index is 1.73. The van der Waals surface area contributed by atoms with Crippen LogP contribution >= 0.6 is 0 Å². The van der Waals surface area contributed by atoms with Gasteiger partial charge in [-0.25, -0.2) is 4.79 Å². The fourth-order valence-corrected chi connectivity index (χ4v) is 3.70. The smallest absolute Gasteiger partial charge is 0.335 e. The van der Waals surface area contributed by atoms with E-state index in [-0.39, 0.29) is 30.1 Å². The van der Waals surface area contributed by atoms with Gasteiger partial charge in [-0.05, 0) is 25.3 Å². The van der Waals surface area contributed by atoms with Gasteiger partial charge in [-0.2, -0.15) is 5.10 Å². The molecule has 2 aliphatic heterocycles. The van der Waals surface area contributed by atoms with Crippen LogP contribution in [0.3, 0.4) is 0 Å². The minimum absolute atomic E-state index is 0.0491. The highest BCUT2D eigenvalue weighted by Crippen LogP contribution is 2.35. The average molecular weight is 321 g/mol. The van der Waals surface area contributed by atoms with E-state index in [2.05, 4.69) is 12.0 Å². The zero-order valence-corrected chi connectivity index (χ0v) is 13.8. The van der Waals surface area contributed by atoms with Gasteiger partial charge in [-0.3, -0.25) is 9.48 Å². The molecule has 4 atom stereocenters. The van der Waals surface area contributed by atoms with Crippen LogP contribution in [0.2, 0.25) is 0 Å². The Bertz CT molecular complexity index is 600. The van der Waals surface area contributed by atoms with Gasteiger partial charge in [0, 0.05) is 25.7 Å². The number of carbonyl (C=O) groups excluding carboxylic acids is 2. The molecule has 126 valence electrons. The molecule has 23 heavy (non-hydrogen) atoms. The molecule has 2 aliphatic rings. The zero-order chi connectivity index (χ0) is 16.6. The number of piperidine rings is 1. The highest BCUT2D eigenvalue weighted by Gasteiger charge is 2.47. The first-order chi connectivity index (χ1) is 11.0. The number of rotatable bonds is 3. The Labute approximate surface area is 135 Å². The minimum Gasteiger partial charge on any atom is -0.467 e. The molecule has 0 aromatic carbocycles. The number of methoxy groups -OCH3 is 1. The van der Waals surface area contributed by atoms with Gasteiger partial charge in [-0.1, -0.05) is 0 Å². The maximum atomic E-state index is 12.8. The van der Waals surface area contributed by atoms with Crippen LogP contribution in [-0.2, 0) is 32.5 Å². The SMILES string of the molecule is COC(=O)[C@@H]1C[C@@H]2[C@@H](CC[C@@H](C)N2C(=O)Cc2cnn(C)c2)O1. The summed E-state index contributed by atoms with van der Waals surface area (Å²) in [7, 11) is 3.20. The predicted octanol–water partition coefficient (Wildman–Crippen LogP) is 0.673. The molecule has 1 amide bonds. The lowest BCUT2D eigenvalue weighted by Gasteiger charge is -2.41. The number of fused-ring (bicyclic) bond motifs is 1. The van der Waals surface area contributed by atoms with Crippen LogP contribution in [0, 0.1) is 0 Å². The maximum Gasteiger partial charge on any atom is 0.335 e. The third-order valence-corrected chi connectivity index (χ3v) is 4.79. The van der Waals surface area contributed by atoms with Crippen molar-refractivity contribution in [3.63, 3.8) is 0 Å². The number of hydrogen-bond donors (Lipinski definition) is 0. The predicted molar refractivity (Wildman–Crippen MR) is 81.5 cm³/mol. The van der Waals surface area contributed by atoms with Gasteiger partial charge in [0.2, 0.25) is 5.91 Å². The van der Waals surface area contributed by atoms with Crippen molar-refractivity contribution in [2.75, 3.05) is 7.11 Å². The molecule has 7 nitrogen and oxygen atoms in total. The second-order valence-electron chi connectivity index (χ2n) is 6.42. The summed E-state index contributed by atoms with van der Waals surface area (Å²) in [5, 5.41) is 4.11. The summed E-state index contributed by atoms with van der Waals surface area (Å²) < 4.78 is 12.3. The Morgan fingerprint density at radius 2 is 2.22 bits per heavy atom. The van der Waals surface area contributed by atoms with Gasteiger partial charge in [0.1, 0.15) is 0 Å². The molecular formula is C16H23N3O4. The number of esters is 1. The molecule has 1 aromatic heterocycles. The zero-order valence-electron chi connectivity index (χ0n) is 13.8. The Hall–Kier alpha value is -1.89. The van der Waals surface area contributed by atoms with Crippen molar-refractivity contribution >= 4 is 11.9 Å². The largest absolute Gasteiger partial charge is 0.467 e. The molecule has 0 aliphatic carbocycles. The molecule has 0 saturated carbocycles. The van der Waals surface area contributed by atoms with Crippen molar-refractivity contribution in [1.29, 1.82) is 0 Å². The van der Waals surface area contributed by atoms with Crippen LogP contribution in [0.25, 0.3) is 0 Å².